The minimum absolute atomic E-state index is 0.0724. The van der Waals surface area contributed by atoms with Gasteiger partial charge in [0, 0.05) is 19.7 Å². The first-order chi connectivity index (χ1) is 7.38. The second kappa shape index (κ2) is 5.49. The number of likely N-dealkylation sites (N-methyl/N-ethyl adjacent to an activating group) is 1. The van der Waals surface area contributed by atoms with Gasteiger partial charge in [-0.05, 0) is 6.42 Å². The Morgan fingerprint density at radius 2 is 2.25 bits per heavy atom. The molecule has 1 atom stereocenters. The predicted octanol–water partition coefficient (Wildman–Crippen LogP) is 0.386. The van der Waals surface area contributed by atoms with Gasteiger partial charge in [0.15, 0.2) is 0 Å². The van der Waals surface area contributed by atoms with Crippen LogP contribution in [0.25, 0.3) is 0 Å². The summed E-state index contributed by atoms with van der Waals surface area (Å²) >= 11 is 0. The lowest BCUT2D eigenvalue weighted by molar-refractivity contribution is -0.157. The Kier molecular flexibility index (Phi) is 4.55. The van der Waals surface area contributed by atoms with Crippen molar-refractivity contribution in [3.05, 3.63) is 0 Å². The van der Waals surface area contributed by atoms with Gasteiger partial charge >= 0.3 is 6.18 Å². The van der Waals surface area contributed by atoms with Gasteiger partial charge in [-0.15, -0.1) is 0 Å². The van der Waals surface area contributed by atoms with Crippen molar-refractivity contribution in [2.45, 2.75) is 18.6 Å². The summed E-state index contributed by atoms with van der Waals surface area (Å²) in [6.07, 6.45) is -3.56. The highest BCUT2D eigenvalue weighted by Gasteiger charge is 2.31. The summed E-state index contributed by atoms with van der Waals surface area (Å²) in [6.45, 7) is -0.157. The largest absolute Gasteiger partial charge is 0.406 e. The maximum Gasteiger partial charge on any atom is 0.406 e. The molecule has 0 spiro atoms. The highest BCUT2D eigenvalue weighted by Crippen LogP contribution is 2.15. The van der Waals surface area contributed by atoms with Gasteiger partial charge in [0.25, 0.3) is 0 Å². The zero-order chi connectivity index (χ0) is 12.2. The molecule has 7 heteroatoms. The zero-order valence-electron chi connectivity index (χ0n) is 9.01. The van der Waals surface area contributed by atoms with Gasteiger partial charge in [-0.1, -0.05) is 0 Å². The molecule has 0 aromatic rings. The molecule has 1 fully saturated rings. The number of carbonyl (C=O) groups is 1. The number of hydrogen-bond acceptors (Lipinski definition) is 3. The van der Waals surface area contributed by atoms with Crippen molar-refractivity contribution in [3.8, 4) is 0 Å². The van der Waals surface area contributed by atoms with Crippen LogP contribution in [0, 0.1) is 0 Å². The van der Waals surface area contributed by atoms with Crippen LogP contribution in [-0.4, -0.2) is 56.4 Å². The van der Waals surface area contributed by atoms with E-state index in [2.05, 4.69) is 5.32 Å². The third kappa shape index (κ3) is 4.80. The number of alkyl halides is 3. The van der Waals surface area contributed by atoms with Crippen LogP contribution in [0.1, 0.15) is 6.42 Å². The van der Waals surface area contributed by atoms with E-state index in [0.29, 0.717) is 18.1 Å². The van der Waals surface area contributed by atoms with Crippen molar-refractivity contribution in [3.63, 3.8) is 0 Å². The van der Waals surface area contributed by atoms with E-state index in [0.717, 1.165) is 13.5 Å². The lowest BCUT2D eigenvalue weighted by Crippen LogP contribution is -2.43. The number of hydrogen-bond donors (Lipinski definition) is 1. The Hall–Kier alpha value is -0.820. The van der Waals surface area contributed by atoms with E-state index in [-0.39, 0.29) is 12.6 Å². The average Bonchev–Trinajstić information content (AvgIpc) is 2.63. The van der Waals surface area contributed by atoms with Crippen LogP contribution in [0.3, 0.4) is 0 Å². The number of ether oxygens (including phenoxy) is 1. The first-order valence-corrected chi connectivity index (χ1v) is 5.00. The molecule has 1 heterocycles. The Labute approximate surface area is 91.7 Å². The van der Waals surface area contributed by atoms with Crippen molar-refractivity contribution in [1.29, 1.82) is 0 Å². The zero-order valence-corrected chi connectivity index (χ0v) is 9.01. The number of nitrogens with one attached hydrogen (secondary N) is 1. The number of carbonyl (C=O) groups excluding carboxylic acids is 1. The van der Waals surface area contributed by atoms with Gasteiger partial charge in [-0.3, -0.25) is 4.79 Å². The normalized spacial score (nSPS) is 21.1. The molecule has 0 aliphatic carbocycles. The molecule has 0 saturated carbocycles. The van der Waals surface area contributed by atoms with Gasteiger partial charge in [0.1, 0.15) is 6.54 Å². The molecule has 0 bridgehead atoms. The lowest BCUT2D eigenvalue weighted by atomic mass is 10.2. The maximum atomic E-state index is 12.0. The van der Waals surface area contributed by atoms with Crippen LogP contribution in [0.5, 0.6) is 0 Å². The van der Waals surface area contributed by atoms with Gasteiger partial charge in [-0.2, -0.15) is 13.2 Å². The monoisotopic (exact) mass is 240 g/mol. The molecular weight excluding hydrogens is 225 g/mol. The highest BCUT2D eigenvalue weighted by molar-refractivity contribution is 5.78. The summed E-state index contributed by atoms with van der Waals surface area (Å²) in [5.41, 5.74) is 0. The molecule has 1 rings (SSSR count). The number of halogens is 3. The summed E-state index contributed by atoms with van der Waals surface area (Å²) in [4.78, 5) is 12.0. The Morgan fingerprint density at radius 1 is 1.56 bits per heavy atom. The molecule has 1 aliphatic heterocycles. The summed E-state index contributed by atoms with van der Waals surface area (Å²) in [7, 11) is 1.14. The summed E-state index contributed by atoms with van der Waals surface area (Å²) in [5, 5.41) is 2.86. The van der Waals surface area contributed by atoms with Crippen molar-refractivity contribution in [2.24, 2.45) is 0 Å². The smallest absolute Gasteiger partial charge is 0.380 e. The quantitative estimate of drug-likeness (QED) is 0.772. The highest BCUT2D eigenvalue weighted by atomic mass is 19.4. The Balaban J connectivity index is 2.23. The van der Waals surface area contributed by atoms with E-state index in [1.807, 2.05) is 0 Å². The van der Waals surface area contributed by atoms with E-state index in [9.17, 15) is 18.0 Å². The van der Waals surface area contributed by atoms with Crippen LogP contribution < -0.4 is 5.32 Å². The second-order valence-corrected chi connectivity index (χ2v) is 3.81. The third-order valence-corrected chi connectivity index (χ3v) is 2.31. The standard InChI is InChI=1S/C9H15F3N2O2/c1-14(6-9(10,11)12)8(15)4-13-7-2-3-16-5-7/h7,13H,2-6H2,1H3. The molecule has 1 amide bonds. The number of rotatable bonds is 4. The Bertz CT molecular complexity index is 239. The summed E-state index contributed by atoms with van der Waals surface area (Å²) < 4.78 is 41.0. The summed E-state index contributed by atoms with van der Waals surface area (Å²) in [6, 6.07) is 0.0724. The molecule has 1 N–H and O–H groups in total. The van der Waals surface area contributed by atoms with Crippen LogP contribution >= 0.6 is 0 Å². The molecule has 16 heavy (non-hydrogen) atoms. The average molecular weight is 240 g/mol. The van der Waals surface area contributed by atoms with E-state index in [4.69, 9.17) is 4.74 Å². The van der Waals surface area contributed by atoms with E-state index < -0.39 is 18.6 Å². The molecule has 0 aromatic heterocycles. The van der Waals surface area contributed by atoms with Crippen LogP contribution in [0.4, 0.5) is 13.2 Å². The molecule has 0 radical (unpaired) electrons. The van der Waals surface area contributed by atoms with Crippen molar-refractivity contribution in [2.75, 3.05) is 33.4 Å². The minimum atomic E-state index is -4.35. The van der Waals surface area contributed by atoms with Crippen molar-refractivity contribution >= 4 is 5.91 Å². The van der Waals surface area contributed by atoms with Gasteiger partial charge in [-0.25, -0.2) is 0 Å². The minimum Gasteiger partial charge on any atom is -0.380 e. The van der Waals surface area contributed by atoms with E-state index in [1.54, 1.807) is 0 Å². The molecule has 1 aliphatic rings. The number of nitrogens with zero attached hydrogens (tertiary/aromatic N) is 1. The van der Waals surface area contributed by atoms with Crippen molar-refractivity contribution in [1.82, 2.24) is 10.2 Å². The van der Waals surface area contributed by atoms with Gasteiger partial charge < -0.3 is 15.0 Å². The second-order valence-electron chi connectivity index (χ2n) is 3.81. The maximum absolute atomic E-state index is 12.0. The van der Waals surface area contributed by atoms with Crippen LogP contribution in [0.2, 0.25) is 0 Å². The fourth-order valence-corrected chi connectivity index (χ4v) is 1.42. The van der Waals surface area contributed by atoms with E-state index in [1.165, 1.54) is 0 Å². The first-order valence-electron chi connectivity index (χ1n) is 5.00. The molecule has 1 unspecified atom stereocenters. The molecule has 1 saturated heterocycles. The number of amides is 1. The van der Waals surface area contributed by atoms with Gasteiger partial charge in [0.05, 0.1) is 13.2 Å². The molecule has 4 nitrogen and oxygen atoms in total. The first kappa shape index (κ1) is 13.2. The fraction of sp³-hybridized carbons (Fsp3) is 0.889. The fourth-order valence-electron chi connectivity index (χ4n) is 1.42. The van der Waals surface area contributed by atoms with E-state index >= 15 is 0 Å². The predicted molar refractivity (Wildman–Crippen MR) is 50.9 cm³/mol. The topological polar surface area (TPSA) is 41.6 Å². The Morgan fingerprint density at radius 3 is 2.75 bits per heavy atom. The SMILES string of the molecule is CN(CC(F)(F)F)C(=O)CNC1CCOC1. The molecule has 94 valence electrons. The van der Waals surface area contributed by atoms with Crippen LogP contribution in [0.15, 0.2) is 0 Å². The molecule has 0 aromatic carbocycles. The lowest BCUT2D eigenvalue weighted by Gasteiger charge is -2.20. The van der Waals surface area contributed by atoms with Crippen molar-refractivity contribution < 1.29 is 22.7 Å². The summed E-state index contributed by atoms with van der Waals surface area (Å²) in [5.74, 6) is -0.566. The molecular formula is C9H15F3N2O2. The third-order valence-electron chi connectivity index (χ3n) is 2.31. The van der Waals surface area contributed by atoms with Gasteiger partial charge in [0.2, 0.25) is 5.91 Å². The van der Waals surface area contributed by atoms with Crippen LogP contribution in [-0.2, 0) is 9.53 Å².